The Morgan fingerprint density at radius 1 is 1.33 bits per heavy atom. The summed E-state index contributed by atoms with van der Waals surface area (Å²) in [6.07, 6.45) is 2.97. The molecule has 0 bridgehead atoms. The van der Waals surface area contributed by atoms with Crippen LogP contribution in [0.4, 0.5) is 0 Å². The van der Waals surface area contributed by atoms with E-state index in [2.05, 4.69) is 0 Å². The van der Waals surface area contributed by atoms with Crippen LogP contribution < -0.4 is 4.74 Å². The minimum Gasteiger partial charge on any atom is -0.484 e. The smallest absolute Gasteiger partial charge is 0.260 e. The molecule has 0 aromatic heterocycles. The van der Waals surface area contributed by atoms with Crippen molar-refractivity contribution in [2.75, 3.05) is 19.8 Å². The molecule has 1 unspecified atom stereocenters. The Kier molecular flexibility index (Phi) is 4.59. The Bertz CT molecular complexity index is 380. The van der Waals surface area contributed by atoms with Crippen LogP contribution in [0.2, 0.25) is 0 Å². The van der Waals surface area contributed by atoms with E-state index in [1.165, 1.54) is 0 Å². The first-order valence-corrected chi connectivity index (χ1v) is 6.39. The number of para-hydroxylation sites is 1. The van der Waals surface area contributed by atoms with Crippen LogP contribution in [-0.2, 0) is 4.79 Å². The van der Waals surface area contributed by atoms with Crippen LogP contribution in [0.3, 0.4) is 0 Å². The molecule has 1 atom stereocenters. The summed E-state index contributed by atoms with van der Waals surface area (Å²) in [5.41, 5.74) is 0. The van der Waals surface area contributed by atoms with Crippen molar-refractivity contribution in [3.63, 3.8) is 0 Å². The standard InChI is InChI=1S/C14H19NO3/c16-10-12-6-4-5-9-15(12)14(17)11-18-13-7-2-1-3-8-13/h1-3,7-8,12,16H,4-6,9-11H2. The van der Waals surface area contributed by atoms with Gasteiger partial charge in [0.25, 0.3) is 5.91 Å². The Morgan fingerprint density at radius 3 is 2.83 bits per heavy atom. The summed E-state index contributed by atoms with van der Waals surface area (Å²) in [6, 6.07) is 9.26. The van der Waals surface area contributed by atoms with E-state index < -0.39 is 0 Å². The van der Waals surface area contributed by atoms with Crippen LogP contribution in [-0.4, -0.2) is 41.7 Å². The second-order valence-electron chi connectivity index (χ2n) is 4.52. The summed E-state index contributed by atoms with van der Waals surface area (Å²) >= 11 is 0. The van der Waals surface area contributed by atoms with Gasteiger partial charge in [-0.05, 0) is 31.4 Å². The third-order valence-corrected chi connectivity index (χ3v) is 3.26. The molecule has 1 aliphatic rings. The number of piperidine rings is 1. The number of hydrogen-bond donors (Lipinski definition) is 1. The van der Waals surface area contributed by atoms with Crippen molar-refractivity contribution >= 4 is 5.91 Å². The summed E-state index contributed by atoms with van der Waals surface area (Å²) in [6.45, 7) is 0.805. The number of carbonyl (C=O) groups is 1. The zero-order chi connectivity index (χ0) is 12.8. The third-order valence-electron chi connectivity index (χ3n) is 3.26. The number of ether oxygens (including phenoxy) is 1. The van der Waals surface area contributed by atoms with Crippen LogP contribution in [0.15, 0.2) is 30.3 Å². The normalized spacial score (nSPS) is 19.6. The van der Waals surface area contributed by atoms with Crippen molar-refractivity contribution in [1.29, 1.82) is 0 Å². The highest BCUT2D eigenvalue weighted by atomic mass is 16.5. The molecule has 18 heavy (non-hydrogen) atoms. The zero-order valence-electron chi connectivity index (χ0n) is 10.4. The molecular formula is C14H19NO3. The molecule has 1 N–H and O–H groups in total. The first kappa shape index (κ1) is 12.9. The van der Waals surface area contributed by atoms with E-state index in [1.54, 1.807) is 4.90 Å². The van der Waals surface area contributed by atoms with Gasteiger partial charge in [-0.1, -0.05) is 18.2 Å². The summed E-state index contributed by atoms with van der Waals surface area (Å²) < 4.78 is 5.44. The van der Waals surface area contributed by atoms with Crippen molar-refractivity contribution in [2.24, 2.45) is 0 Å². The Balaban J connectivity index is 1.87. The molecule has 1 amide bonds. The number of hydrogen-bond acceptors (Lipinski definition) is 3. The molecule has 1 aliphatic heterocycles. The lowest BCUT2D eigenvalue weighted by atomic mass is 10.0. The molecule has 0 aliphatic carbocycles. The summed E-state index contributed by atoms with van der Waals surface area (Å²) in [4.78, 5) is 13.8. The fourth-order valence-electron chi connectivity index (χ4n) is 2.26. The van der Waals surface area contributed by atoms with E-state index >= 15 is 0 Å². The van der Waals surface area contributed by atoms with Crippen molar-refractivity contribution < 1.29 is 14.6 Å². The monoisotopic (exact) mass is 249 g/mol. The minimum atomic E-state index is -0.0439. The molecule has 1 saturated heterocycles. The van der Waals surface area contributed by atoms with E-state index in [4.69, 9.17) is 4.74 Å². The SMILES string of the molecule is O=C(COc1ccccc1)N1CCCCC1CO. The summed E-state index contributed by atoms with van der Waals surface area (Å²) in [7, 11) is 0. The molecule has 98 valence electrons. The average molecular weight is 249 g/mol. The number of benzene rings is 1. The largest absolute Gasteiger partial charge is 0.484 e. The van der Waals surface area contributed by atoms with E-state index in [9.17, 15) is 9.90 Å². The highest BCUT2D eigenvalue weighted by Gasteiger charge is 2.26. The van der Waals surface area contributed by atoms with E-state index in [0.717, 1.165) is 25.8 Å². The number of likely N-dealkylation sites (tertiary alicyclic amines) is 1. The Labute approximate surface area is 107 Å². The molecule has 0 radical (unpaired) electrons. The number of nitrogens with zero attached hydrogens (tertiary/aromatic N) is 1. The van der Waals surface area contributed by atoms with Crippen LogP contribution in [0.5, 0.6) is 5.75 Å². The van der Waals surface area contributed by atoms with E-state index in [1.807, 2.05) is 30.3 Å². The molecule has 2 rings (SSSR count). The minimum absolute atomic E-state index is 0.0365. The predicted molar refractivity (Wildman–Crippen MR) is 68.4 cm³/mol. The Hall–Kier alpha value is -1.55. The lowest BCUT2D eigenvalue weighted by Gasteiger charge is -2.34. The molecule has 0 saturated carbocycles. The van der Waals surface area contributed by atoms with Crippen molar-refractivity contribution in [1.82, 2.24) is 4.90 Å². The maximum Gasteiger partial charge on any atom is 0.260 e. The summed E-state index contributed by atoms with van der Waals surface area (Å²) in [5, 5.41) is 9.26. The van der Waals surface area contributed by atoms with Gasteiger partial charge in [0.2, 0.25) is 0 Å². The lowest BCUT2D eigenvalue weighted by molar-refractivity contribution is -0.138. The van der Waals surface area contributed by atoms with Crippen LogP contribution in [0.25, 0.3) is 0 Å². The molecule has 4 nitrogen and oxygen atoms in total. The molecule has 1 fully saturated rings. The molecule has 1 aromatic carbocycles. The summed E-state index contributed by atoms with van der Waals surface area (Å²) in [5.74, 6) is 0.654. The van der Waals surface area contributed by atoms with Gasteiger partial charge in [0, 0.05) is 6.54 Å². The zero-order valence-corrected chi connectivity index (χ0v) is 10.4. The maximum absolute atomic E-state index is 12.0. The average Bonchev–Trinajstić information content (AvgIpc) is 2.45. The van der Waals surface area contributed by atoms with Gasteiger partial charge < -0.3 is 14.7 Å². The second-order valence-corrected chi connectivity index (χ2v) is 4.52. The lowest BCUT2D eigenvalue weighted by Crippen LogP contribution is -2.47. The van der Waals surface area contributed by atoms with Gasteiger partial charge in [0.05, 0.1) is 12.6 Å². The first-order chi connectivity index (χ1) is 8.81. The fraction of sp³-hybridized carbons (Fsp3) is 0.500. The highest BCUT2D eigenvalue weighted by Crippen LogP contribution is 2.17. The maximum atomic E-state index is 12.0. The van der Waals surface area contributed by atoms with Gasteiger partial charge in [0.15, 0.2) is 6.61 Å². The van der Waals surface area contributed by atoms with E-state index in [0.29, 0.717) is 5.75 Å². The quantitative estimate of drug-likeness (QED) is 0.878. The van der Waals surface area contributed by atoms with Gasteiger partial charge in [-0.3, -0.25) is 4.79 Å². The van der Waals surface area contributed by atoms with Crippen LogP contribution in [0, 0.1) is 0 Å². The highest BCUT2D eigenvalue weighted by molar-refractivity contribution is 5.78. The van der Waals surface area contributed by atoms with Gasteiger partial charge in [-0.25, -0.2) is 0 Å². The first-order valence-electron chi connectivity index (χ1n) is 6.39. The van der Waals surface area contributed by atoms with Gasteiger partial charge in [-0.2, -0.15) is 0 Å². The van der Waals surface area contributed by atoms with Gasteiger partial charge >= 0.3 is 0 Å². The van der Waals surface area contributed by atoms with Gasteiger partial charge in [-0.15, -0.1) is 0 Å². The topological polar surface area (TPSA) is 49.8 Å². The number of carbonyl (C=O) groups excluding carboxylic acids is 1. The number of rotatable bonds is 4. The van der Waals surface area contributed by atoms with Gasteiger partial charge in [0.1, 0.15) is 5.75 Å². The van der Waals surface area contributed by atoms with Crippen molar-refractivity contribution in [3.8, 4) is 5.75 Å². The predicted octanol–water partition coefficient (Wildman–Crippen LogP) is 1.44. The molecule has 1 heterocycles. The molecule has 0 spiro atoms. The fourth-order valence-corrected chi connectivity index (χ4v) is 2.26. The number of aliphatic hydroxyl groups is 1. The third kappa shape index (κ3) is 3.23. The van der Waals surface area contributed by atoms with Crippen LogP contribution >= 0.6 is 0 Å². The number of amides is 1. The molecule has 4 heteroatoms. The molecular weight excluding hydrogens is 230 g/mol. The van der Waals surface area contributed by atoms with Crippen molar-refractivity contribution in [2.45, 2.75) is 25.3 Å². The van der Waals surface area contributed by atoms with Crippen LogP contribution in [0.1, 0.15) is 19.3 Å². The molecule has 1 aromatic rings. The Morgan fingerprint density at radius 2 is 2.11 bits per heavy atom. The second kappa shape index (κ2) is 6.40. The van der Waals surface area contributed by atoms with Crippen molar-refractivity contribution in [3.05, 3.63) is 30.3 Å². The number of aliphatic hydroxyl groups excluding tert-OH is 1. The van der Waals surface area contributed by atoms with E-state index in [-0.39, 0.29) is 25.2 Å².